The van der Waals surface area contributed by atoms with E-state index in [1.54, 1.807) is 4.90 Å². The molecule has 0 unspecified atom stereocenters. The van der Waals surface area contributed by atoms with Gasteiger partial charge in [0.25, 0.3) is 5.91 Å². The lowest BCUT2D eigenvalue weighted by molar-refractivity contribution is -0.141. The normalized spacial score (nSPS) is 24.3. The summed E-state index contributed by atoms with van der Waals surface area (Å²) in [6, 6.07) is 1.05. The number of hydrogen-bond acceptors (Lipinski definition) is 3. The van der Waals surface area contributed by atoms with Gasteiger partial charge in [0.2, 0.25) is 0 Å². The quantitative estimate of drug-likeness (QED) is 0.848. The highest BCUT2D eigenvalue weighted by molar-refractivity contribution is 5.92. The number of H-pyrrole nitrogens is 1. The molecule has 3 fully saturated rings. The van der Waals surface area contributed by atoms with Crippen molar-refractivity contribution in [2.45, 2.75) is 38.9 Å². The maximum Gasteiger partial charge on any atom is 0.432 e. The maximum absolute atomic E-state index is 12.7. The molecular weight excluding hydrogens is 333 g/mol. The van der Waals surface area contributed by atoms with Crippen LogP contribution in [0.1, 0.15) is 42.9 Å². The zero-order valence-electron chi connectivity index (χ0n) is 14.4. The number of carbonyl (C=O) groups is 1. The van der Waals surface area contributed by atoms with E-state index < -0.39 is 17.8 Å². The smallest absolute Gasteiger partial charge is 0.335 e. The molecule has 8 heteroatoms. The van der Waals surface area contributed by atoms with Crippen molar-refractivity contribution in [3.63, 3.8) is 0 Å². The Balaban J connectivity index is 1.72. The highest BCUT2D eigenvalue weighted by Gasteiger charge is 2.38. The summed E-state index contributed by atoms with van der Waals surface area (Å²) in [6.07, 6.45) is -0.284. The van der Waals surface area contributed by atoms with Gasteiger partial charge < -0.3 is 4.90 Å². The molecule has 2 atom stereocenters. The summed E-state index contributed by atoms with van der Waals surface area (Å²) in [5, 5.41) is 5.50. The monoisotopic (exact) mass is 356 g/mol. The summed E-state index contributed by atoms with van der Waals surface area (Å²) in [5.74, 6) is -0.0676. The van der Waals surface area contributed by atoms with Crippen LogP contribution in [0.15, 0.2) is 17.7 Å². The van der Waals surface area contributed by atoms with E-state index in [1.807, 2.05) is 5.10 Å². The van der Waals surface area contributed by atoms with Gasteiger partial charge in [-0.05, 0) is 32.6 Å². The van der Waals surface area contributed by atoms with E-state index in [9.17, 15) is 18.0 Å². The third-order valence-corrected chi connectivity index (χ3v) is 4.95. The molecule has 0 aliphatic carbocycles. The number of aromatic amines is 1. The van der Waals surface area contributed by atoms with Crippen LogP contribution in [0.25, 0.3) is 0 Å². The Labute approximate surface area is 144 Å². The van der Waals surface area contributed by atoms with Gasteiger partial charge in [0.15, 0.2) is 5.69 Å². The van der Waals surface area contributed by atoms with E-state index >= 15 is 0 Å². The first-order valence-corrected chi connectivity index (χ1v) is 8.53. The van der Waals surface area contributed by atoms with Crippen LogP contribution in [0.2, 0.25) is 0 Å². The Morgan fingerprint density at radius 2 is 2.08 bits per heavy atom. The molecule has 4 rings (SSSR count). The summed E-state index contributed by atoms with van der Waals surface area (Å²) < 4.78 is 38.1. The molecule has 25 heavy (non-hydrogen) atoms. The molecule has 1 aromatic rings. The summed E-state index contributed by atoms with van der Waals surface area (Å²) in [6.45, 7) is 7.01. The number of hydrogen-bond donors (Lipinski definition) is 1. The van der Waals surface area contributed by atoms with Crippen molar-refractivity contribution in [2.24, 2.45) is 5.92 Å². The van der Waals surface area contributed by atoms with Crippen LogP contribution in [0.4, 0.5) is 13.2 Å². The Bertz CT molecular complexity index is 663. The Morgan fingerprint density at radius 3 is 2.72 bits per heavy atom. The number of amides is 1. The van der Waals surface area contributed by atoms with Crippen LogP contribution in [-0.4, -0.2) is 58.1 Å². The molecule has 1 amide bonds. The number of carbonyl (C=O) groups excluding carboxylic acids is 1. The number of fused-ring (bicyclic) bond motifs is 4. The van der Waals surface area contributed by atoms with Gasteiger partial charge in [-0.2, -0.15) is 18.3 Å². The van der Waals surface area contributed by atoms with Crippen molar-refractivity contribution >= 4 is 5.91 Å². The number of rotatable bonds is 3. The fourth-order valence-electron chi connectivity index (χ4n) is 3.61. The Morgan fingerprint density at radius 1 is 1.32 bits per heavy atom. The summed E-state index contributed by atoms with van der Waals surface area (Å²) in [5.41, 5.74) is 0.104. The van der Waals surface area contributed by atoms with E-state index in [-0.39, 0.29) is 11.7 Å². The first-order valence-electron chi connectivity index (χ1n) is 8.53. The largest absolute Gasteiger partial charge is 0.432 e. The predicted octanol–water partition coefficient (Wildman–Crippen LogP) is 2.93. The maximum atomic E-state index is 12.7. The van der Waals surface area contributed by atoms with Crippen LogP contribution in [0.3, 0.4) is 0 Å². The molecule has 3 aliphatic heterocycles. The molecule has 0 aromatic carbocycles. The fourth-order valence-corrected chi connectivity index (χ4v) is 3.61. The summed E-state index contributed by atoms with van der Waals surface area (Å²) in [7, 11) is 0. The topological polar surface area (TPSA) is 52.2 Å². The third-order valence-electron chi connectivity index (χ3n) is 4.95. The van der Waals surface area contributed by atoms with Gasteiger partial charge >= 0.3 is 6.18 Å². The van der Waals surface area contributed by atoms with Crippen LogP contribution < -0.4 is 0 Å². The second-order valence-electron chi connectivity index (χ2n) is 7.21. The highest BCUT2D eigenvalue weighted by Crippen LogP contribution is 2.30. The molecular formula is C17H23F3N4O. The lowest BCUT2D eigenvalue weighted by Gasteiger charge is -2.35. The van der Waals surface area contributed by atoms with Crippen LogP contribution in [-0.2, 0) is 6.18 Å². The van der Waals surface area contributed by atoms with E-state index in [1.165, 1.54) is 5.57 Å². The molecule has 2 bridgehead atoms. The lowest BCUT2D eigenvalue weighted by Crippen LogP contribution is -2.44. The summed E-state index contributed by atoms with van der Waals surface area (Å²) in [4.78, 5) is 16.7. The van der Waals surface area contributed by atoms with Gasteiger partial charge in [0.05, 0.1) is 0 Å². The molecule has 3 saturated heterocycles. The number of aromatic nitrogens is 2. The zero-order valence-corrected chi connectivity index (χ0v) is 14.4. The average Bonchev–Trinajstić information content (AvgIpc) is 2.87. The first-order chi connectivity index (χ1) is 11.7. The molecule has 1 aromatic heterocycles. The van der Waals surface area contributed by atoms with Gasteiger partial charge in [0, 0.05) is 38.3 Å². The van der Waals surface area contributed by atoms with Gasteiger partial charge in [-0.3, -0.25) is 14.8 Å². The van der Waals surface area contributed by atoms with Crippen LogP contribution in [0, 0.1) is 5.92 Å². The number of allylic oxidation sites excluding steroid dienone is 1. The van der Waals surface area contributed by atoms with Crippen molar-refractivity contribution in [3.8, 4) is 0 Å². The number of alkyl halides is 3. The van der Waals surface area contributed by atoms with Crippen molar-refractivity contribution in [1.29, 1.82) is 0 Å². The van der Waals surface area contributed by atoms with Crippen molar-refractivity contribution in [1.82, 2.24) is 20.0 Å². The van der Waals surface area contributed by atoms with Crippen molar-refractivity contribution in [3.05, 3.63) is 29.1 Å². The molecule has 1 N–H and O–H groups in total. The second kappa shape index (κ2) is 6.82. The fraction of sp³-hybridized carbons (Fsp3) is 0.647. The van der Waals surface area contributed by atoms with E-state index in [0.29, 0.717) is 19.0 Å². The van der Waals surface area contributed by atoms with E-state index in [2.05, 4.69) is 29.9 Å². The lowest BCUT2D eigenvalue weighted by atomic mass is 9.95. The summed E-state index contributed by atoms with van der Waals surface area (Å²) >= 11 is 0. The molecule has 0 saturated carbocycles. The van der Waals surface area contributed by atoms with Gasteiger partial charge in [0.1, 0.15) is 5.69 Å². The second-order valence-corrected chi connectivity index (χ2v) is 7.21. The van der Waals surface area contributed by atoms with E-state index in [0.717, 1.165) is 32.0 Å². The Kier molecular flexibility index (Phi) is 4.90. The Hall–Kier alpha value is -1.83. The van der Waals surface area contributed by atoms with E-state index in [4.69, 9.17) is 0 Å². The molecule has 3 aliphatic rings. The van der Waals surface area contributed by atoms with Crippen LogP contribution in [0.5, 0.6) is 0 Å². The number of halogens is 3. The highest BCUT2D eigenvalue weighted by atomic mass is 19.4. The van der Waals surface area contributed by atoms with Crippen LogP contribution >= 0.6 is 0 Å². The molecule has 0 spiro atoms. The van der Waals surface area contributed by atoms with Gasteiger partial charge in [-0.1, -0.05) is 11.6 Å². The minimum atomic E-state index is -4.52. The zero-order chi connectivity index (χ0) is 18.2. The average molecular weight is 356 g/mol. The minimum Gasteiger partial charge on any atom is -0.335 e. The standard InChI is InChI=1S/C17H23F3N4O/c1-11(2)5-6-23-8-12-3-4-13(23)10-24(9-12)16(25)14-7-15(22-21-14)17(18,19)20/h5,7,12-13H,3-4,6,8-10H2,1-2H3,(H,21,22)/t12-,13-/m0/s1. The van der Waals surface area contributed by atoms with Crippen molar-refractivity contribution < 1.29 is 18.0 Å². The number of piperidine rings is 1. The third kappa shape index (κ3) is 4.05. The number of nitrogens with one attached hydrogen (secondary N) is 1. The number of nitrogens with zero attached hydrogens (tertiary/aromatic N) is 3. The van der Waals surface area contributed by atoms with Crippen molar-refractivity contribution in [2.75, 3.05) is 26.2 Å². The first kappa shape index (κ1) is 18.0. The predicted molar refractivity (Wildman–Crippen MR) is 87.0 cm³/mol. The SMILES string of the molecule is CC(C)=CCN1C[C@@H]2CC[C@H]1CN(C(=O)c1cc(C(F)(F)F)[nH]n1)C2. The minimum absolute atomic E-state index is 0.163. The molecule has 138 valence electrons. The van der Waals surface area contributed by atoms with Gasteiger partial charge in [-0.15, -0.1) is 0 Å². The molecule has 4 heterocycles. The molecule has 5 nitrogen and oxygen atoms in total. The van der Waals surface area contributed by atoms with Gasteiger partial charge in [-0.25, -0.2) is 0 Å². The molecule has 0 radical (unpaired) electrons.